The SMILES string of the molecule is CN(CCO)C(=O)Nc1cc(C(C)(C)C)nn1Cc1ccccc1. The molecule has 6 heteroatoms. The monoisotopic (exact) mass is 330 g/mol. The molecule has 0 unspecified atom stereocenters. The number of anilines is 1. The summed E-state index contributed by atoms with van der Waals surface area (Å²) in [5.41, 5.74) is 1.91. The fourth-order valence-corrected chi connectivity index (χ4v) is 2.22. The number of carbonyl (C=O) groups excluding carboxylic acids is 1. The van der Waals surface area contributed by atoms with Crippen LogP contribution in [0, 0.1) is 0 Å². The Labute approximate surface area is 143 Å². The van der Waals surface area contributed by atoms with Gasteiger partial charge in [-0.25, -0.2) is 9.48 Å². The molecule has 0 aliphatic heterocycles. The van der Waals surface area contributed by atoms with E-state index in [1.807, 2.05) is 36.4 Å². The van der Waals surface area contributed by atoms with Crippen LogP contribution in [0.4, 0.5) is 10.6 Å². The van der Waals surface area contributed by atoms with Crippen LogP contribution in [0.2, 0.25) is 0 Å². The Morgan fingerprint density at radius 1 is 1.29 bits per heavy atom. The van der Waals surface area contributed by atoms with Crippen LogP contribution in [0.1, 0.15) is 32.0 Å². The van der Waals surface area contributed by atoms with E-state index in [0.717, 1.165) is 11.3 Å². The number of aliphatic hydroxyl groups excluding tert-OH is 1. The van der Waals surface area contributed by atoms with Gasteiger partial charge in [-0.1, -0.05) is 51.1 Å². The van der Waals surface area contributed by atoms with Crippen molar-refractivity contribution < 1.29 is 9.90 Å². The molecule has 0 saturated heterocycles. The molecule has 0 fully saturated rings. The number of nitrogens with zero attached hydrogens (tertiary/aromatic N) is 3. The summed E-state index contributed by atoms with van der Waals surface area (Å²) in [4.78, 5) is 13.7. The molecule has 0 aliphatic rings. The number of hydrogen-bond acceptors (Lipinski definition) is 3. The minimum Gasteiger partial charge on any atom is -0.395 e. The highest BCUT2D eigenvalue weighted by Gasteiger charge is 2.21. The molecular weight excluding hydrogens is 304 g/mol. The van der Waals surface area contributed by atoms with E-state index in [2.05, 4.69) is 31.2 Å². The fourth-order valence-electron chi connectivity index (χ4n) is 2.22. The minimum atomic E-state index is -0.265. The molecule has 0 spiro atoms. The van der Waals surface area contributed by atoms with Gasteiger partial charge in [-0.05, 0) is 5.56 Å². The Kier molecular flexibility index (Phi) is 5.62. The van der Waals surface area contributed by atoms with Crippen LogP contribution in [-0.4, -0.2) is 46.0 Å². The Morgan fingerprint density at radius 2 is 1.96 bits per heavy atom. The third kappa shape index (κ3) is 4.58. The van der Waals surface area contributed by atoms with Gasteiger partial charge >= 0.3 is 6.03 Å². The first kappa shape index (κ1) is 18.0. The number of likely N-dealkylation sites (N-methyl/N-ethyl adjacent to an activating group) is 1. The molecule has 0 saturated carbocycles. The number of benzene rings is 1. The van der Waals surface area contributed by atoms with E-state index >= 15 is 0 Å². The molecule has 2 N–H and O–H groups in total. The van der Waals surface area contributed by atoms with E-state index < -0.39 is 0 Å². The highest BCUT2D eigenvalue weighted by atomic mass is 16.3. The van der Waals surface area contributed by atoms with Gasteiger partial charge in [0.15, 0.2) is 0 Å². The van der Waals surface area contributed by atoms with Crippen molar-refractivity contribution >= 4 is 11.8 Å². The molecule has 1 heterocycles. The average Bonchev–Trinajstić information content (AvgIpc) is 2.91. The summed E-state index contributed by atoms with van der Waals surface area (Å²) in [5.74, 6) is 0.651. The topological polar surface area (TPSA) is 70.4 Å². The second-order valence-corrected chi connectivity index (χ2v) is 6.88. The first-order valence-corrected chi connectivity index (χ1v) is 8.06. The van der Waals surface area contributed by atoms with Gasteiger partial charge in [0.25, 0.3) is 0 Å². The number of aliphatic hydroxyl groups is 1. The quantitative estimate of drug-likeness (QED) is 0.885. The summed E-state index contributed by atoms with van der Waals surface area (Å²) >= 11 is 0. The van der Waals surface area contributed by atoms with E-state index in [-0.39, 0.29) is 24.6 Å². The van der Waals surface area contributed by atoms with Gasteiger partial charge < -0.3 is 10.0 Å². The summed E-state index contributed by atoms with van der Waals surface area (Å²) in [7, 11) is 1.65. The molecule has 1 aromatic heterocycles. The van der Waals surface area contributed by atoms with Crippen molar-refractivity contribution in [3.8, 4) is 0 Å². The van der Waals surface area contributed by atoms with Gasteiger partial charge in [0.2, 0.25) is 0 Å². The highest BCUT2D eigenvalue weighted by molar-refractivity contribution is 5.88. The second-order valence-electron chi connectivity index (χ2n) is 6.88. The van der Waals surface area contributed by atoms with Gasteiger partial charge in [0.05, 0.1) is 18.8 Å². The average molecular weight is 330 g/mol. The number of rotatable bonds is 5. The van der Waals surface area contributed by atoms with Gasteiger partial charge in [-0.15, -0.1) is 0 Å². The lowest BCUT2D eigenvalue weighted by molar-refractivity contribution is 0.202. The smallest absolute Gasteiger partial charge is 0.322 e. The van der Waals surface area contributed by atoms with Gasteiger partial charge in [0.1, 0.15) is 5.82 Å². The molecule has 1 aromatic carbocycles. The Morgan fingerprint density at radius 3 is 2.54 bits per heavy atom. The van der Waals surface area contributed by atoms with Crippen molar-refractivity contribution in [2.24, 2.45) is 0 Å². The number of nitrogens with one attached hydrogen (secondary N) is 1. The van der Waals surface area contributed by atoms with E-state index in [0.29, 0.717) is 12.4 Å². The summed E-state index contributed by atoms with van der Waals surface area (Å²) < 4.78 is 1.81. The Balaban J connectivity index is 2.27. The zero-order valence-corrected chi connectivity index (χ0v) is 14.8. The predicted molar refractivity (Wildman–Crippen MR) is 95.2 cm³/mol. The van der Waals surface area contributed by atoms with Crippen molar-refractivity contribution in [3.05, 3.63) is 47.7 Å². The first-order chi connectivity index (χ1) is 11.3. The van der Waals surface area contributed by atoms with Crippen molar-refractivity contribution in [1.29, 1.82) is 0 Å². The van der Waals surface area contributed by atoms with E-state index in [4.69, 9.17) is 5.11 Å². The lowest BCUT2D eigenvalue weighted by Gasteiger charge is -2.17. The van der Waals surface area contributed by atoms with Crippen LogP contribution in [0.15, 0.2) is 36.4 Å². The maximum atomic E-state index is 12.2. The molecule has 0 radical (unpaired) electrons. The number of hydrogen-bond donors (Lipinski definition) is 2. The highest BCUT2D eigenvalue weighted by Crippen LogP contribution is 2.24. The molecule has 0 atom stereocenters. The largest absolute Gasteiger partial charge is 0.395 e. The number of urea groups is 1. The van der Waals surface area contributed by atoms with Crippen LogP contribution in [0.3, 0.4) is 0 Å². The maximum absolute atomic E-state index is 12.2. The Hall–Kier alpha value is -2.34. The summed E-state index contributed by atoms with van der Waals surface area (Å²) in [6, 6.07) is 11.6. The number of amides is 2. The molecule has 6 nitrogen and oxygen atoms in total. The van der Waals surface area contributed by atoms with Gasteiger partial charge in [-0.3, -0.25) is 5.32 Å². The Bertz CT molecular complexity index is 674. The standard InChI is InChI=1S/C18H26N4O2/c1-18(2,3)15-12-16(19-17(24)21(4)10-11-23)22(20-15)13-14-8-6-5-7-9-14/h5-9,12,23H,10-11,13H2,1-4H3,(H,19,24). The predicted octanol–water partition coefficient (Wildman–Crippen LogP) is 2.68. The molecule has 130 valence electrons. The molecular formula is C18H26N4O2. The van der Waals surface area contributed by atoms with Crippen LogP contribution in [0.25, 0.3) is 0 Å². The second kappa shape index (κ2) is 7.49. The molecule has 2 rings (SSSR count). The van der Waals surface area contributed by atoms with Crippen molar-refractivity contribution in [2.45, 2.75) is 32.7 Å². The van der Waals surface area contributed by atoms with Crippen LogP contribution in [-0.2, 0) is 12.0 Å². The molecule has 2 aromatic rings. The third-order valence-corrected chi connectivity index (χ3v) is 3.74. The summed E-state index contributed by atoms with van der Waals surface area (Å²) in [6.45, 7) is 7.06. The third-order valence-electron chi connectivity index (χ3n) is 3.74. The molecule has 0 aliphatic carbocycles. The normalized spacial score (nSPS) is 11.4. The molecule has 0 bridgehead atoms. The summed E-state index contributed by atoms with van der Waals surface area (Å²) in [5, 5.41) is 16.5. The van der Waals surface area contributed by atoms with E-state index in [1.54, 1.807) is 11.7 Å². The lowest BCUT2D eigenvalue weighted by atomic mass is 9.92. The maximum Gasteiger partial charge on any atom is 0.322 e. The first-order valence-electron chi connectivity index (χ1n) is 8.06. The van der Waals surface area contributed by atoms with Crippen LogP contribution < -0.4 is 5.32 Å². The van der Waals surface area contributed by atoms with Gasteiger partial charge in [-0.2, -0.15) is 5.10 Å². The molecule has 2 amide bonds. The van der Waals surface area contributed by atoms with Crippen molar-refractivity contribution in [1.82, 2.24) is 14.7 Å². The van der Waals surface area contributed by atoms with Crippen LogP contribution >= 0.6 is 0 Å². The van der Waals surface area contributed by atoms with Crippen LogP contribution in [0.5, 0.6) is 0 Å². The van der Waals surface area contributed by atoms with E-state index in [9.17, 15) is 4.79 Å². The number of aromatic nitrogens is 2. The summed E-state index contributed by atoms with van der Waals surface area (Å²) in [6.07, 6.45) is 0. The van der Waals surface area contributed by atoms with Crippen molar-refractivity contribution in [2.75, 3.05) is 25.5 Å². The zero-order chi connectivity index (χ0) is 17.7. The molecule has 24 heavy (non-hydrogen) atoms. The van der Waals surface area contributed by atoms with Gasteiger partial charge in [0, 0.05) is 25.1 Å². The lowest BCUT2D eigenvalue weighted by Crippen LogP contribution is -2.34. The fraction of sp³-hybridized carbons (Fsp3) is 0.444. The zero-order valence-electron chi connectivity index (χ0n) is 14.8. The number of carbonyl (C=O) groups is 1. The van der Waals surface area contributed by atoms with Crippen molar-refractivity contribution in [3.63, 3.8) is 0 Å². The van der Waals surface area contributed by atoms with E-state index in [1.165, 1.54) is 4.90 Å². The minimum absolute atomic E-state index is 0.0690.